The third-order valence-electron chi connectivity index (χ3n) is 4.92. The molecule has 156 valence electrons. The van der Waals surface area contributed by atoms with E-state index in [0.29, 0.717) is 30.2 Å². The number of amides is 1. The van der Waals surface area contributed by atoms with Crippen LogP contribution in [0.2, 0.25) is 0 Å². The minimum Gasteiger partial charge on any atom is -0.465 e. The van der Waals surface area contributed by atoms with Gasteiger partial charge in [-0.05, 0) is 18.6 Å². The predicted molar refractivity (Wildman–Crippen MR) is 106 cm³/mol. The predicted octanol–water partition coefficient (Wildman–Crippen LogP) is 1.46. The number of nitrogens with one attached hydrogen (secondary N) is 1. The summed E-state index contributed by atoms with van der Waals surface area (Å²) < 4.78 is 33.8. The fourth-order valence-corrected chi connectivity index (χ4v) is 4.59. The van der Waals surface area contributed by atoms with Gasteiger partial charge >= 0.3 is 5.97 Å². The lowest BCUT2D eigenvalue weighted by atomic mass is 10.0. The number of methoxy groups -OCH3 is 1. The fraction of sp³-hybridized carbons (Fsp3) is 0.400. The highest BCUT2D eigenvalue weighted by atomic mass is 32.2. The van der Waals surface area contributed by atoms with Crippen molar-refractivity contribution in [1.29, 1.82) is 0 Å². The van der Waals surface area contributed by atoms with Gasteiger partial charge in [0.15, 0.2) is 9.84 Å². The van der Waals surface area contributed by atoms with Crippen molar-refractivity contribution >= 4 is 21.7 Å². The van der Waals surface area contributed by atoms with E-state index in [9.17, 15) is 18.0 Å². The number of sulfone groups is 1. The fourth-order valence-electron chi connectivity index (χ4n) is 3.36. The molecule has 1 unspecified atom stereocenters. The van der Waals surface area contributed by atoms with Crippen molar-refractivity contribution in [3.8, 4) is 0 Å². The van der Waals surface area contributed by atoms with E-state index in [1.165, 1.54) is 7.11 Å². The van der Waals surface area contributed by atoms with E-state index >= 15 is 0 Å². The van der Waals surface area contributed by atoms with Crippen LogP contribution in [0.15, 0.2) is 40.8 Å². The van der Waals surface area contributed by atoms with Crippen LogP contribution in [0.4, 0.5) is 0 Å². The van der Waals surface area contributed by atoms with Crippen LogP contribution in [0, 0.1) is 6.92 Å². The number of aryl methyl sites for hydroxylation is 1. The van der Waals surface area contributed by atoms with Crippen LogP contribution in [0.3, 0.4) is 0 Å². The van der Waals surface area contributed by atoms with Crippen LogP contribution in [-0.4, -0.2) is 56.9 Å². The van der Waals surface area contributed by atoms with Gasteiger partial charge in [0, 0.05) is 13.1 Å². The zero-order chi connectivity index (χ0) is 21.0. The first-order chi connectivity index (χ1) is 13.8. The summed E-state index contributed by atoms with van der Waals surface area (Å²) in [5.41, 5.74) is 1.10. The van der Waals surface area contributed by atoms with Gasteiger partial charge in [0.25, 0.3) is 0 Å². The molecule has 0 bridgehead atoms. The summed E-state index contributed by atoms with van der Waals surface area (Å²) in [6, 6.07) is 10.2. The normalized spacial score (nSPS) is 17.4. The molecule has 8 nitrogen and oxygen atoms in total. The highest BCUT2D eigenvalue weighted by molar-refractivity contribution is 7.91. The van der Waals surface area contributed by atoms with E-state index in [1.54, 1.807) is 13.0 Å². The molecule has 2 aromatic rings. The molecule has 1 saturated heterocycles. The zero-order valence-corrected chi connectivity index (χ0v) is 17.2. The van der Waals surface area contributed by atoms with Crippen molar-refractivity contribution in [2.24, 2.45) is 0 Å². The average Bonchev–Trinajstić information content (AvgIpc) is 3.08. The molecule has 2 heterocycles. The molecule has 29 heavy (non-hydrogen) atoms. The number of nitrogens with zero attached hydrogens (tertiary/aromatic N) is 1. The minimum absolute atomic E-state index is 0.0312. The number of esters is 1. The van der Waals surface area contributed by atoms with E-state index < -0.39 is 21.8 Å². The molecule has 0 aliphatic carbocycles. The van der Waals surface area contributed by atoms with Gasteiger partial charge in [0.05, 0.1) is 25.2 Å². The van der Waals surface area contributed by atoms with Crippen LogP contribution in [0.25, 0.3) is 0 Å². The molecular formula is C20H24N2O6S. The maximum absolute atomic E-state index is 13.0. The monoisotopic (exact) mass is 420 g/mol. The number of carbonyl (C=O) groups excluding carboxylic acids is 2. The smallest absolute Gasteiger partial charge is 0.341 e. The molecule has 0 radical (unpaired) electrons. The molecule has 1 aromatic heterocycles. The number of ether oxygens (including phenoxy) is 1. The van der Waals surface area contributed by atoms with Crippen molar-refractivity contribution in [2.75, 3.05) is 31.7 Å². The number of furan rings is 1. The molecule has 1 N–H and O–H groups in total. The van der Waals surface area contributed by atoms with Crippen molar-refractivity contribution in [1.82, 2.24) is 10.2 Å². The third kappa shape index (κ3) is 5.04. The summed E-state index contributed by atoms with van der Waals surface area (Å²) in [6.07, 6.45) is 0. The van der Waals surface area contributed by atoms with E-state index in [-0.39, 0.29) is 24.0 Å². The quantitative estimate of drug-likeness (QED) is 0.705. The van der Waals surface area contributed by atoms with Crippen molar-refractivity contribution in [3.63, 3.8) is 0 Å². The molecule has 1 amide bonds. The van der Waals surface area contributed by atoms with Crippen LogP contribution in [-0.2, 0) is 25.9 Å². The summed E-state index contributed by atoms with van der Waals surface area (Å²) in [6.45, 7) is 2.34. The highest BCUT2D eigenvalue weighted by Crippen LogP contribution is 2.24. The lowest BCUT2D eigenvalue weighted by Gasteiger charge is -2.33. The lowest BCUT2D eigenvalue weighted by molar-refractivity contribution is -0.127. The first kappa shape index (κ1) is 21.1. The van der Waals surface area contributed by atoms with E-state index in [4.69, 9.17) is 9.15 Å². The number of benzene rings is 1. The third-order valence-corrected chi connectivity index (χ3v) is 6.53. The van der Waals surface area contributed by atoms with Crippen molar-refractivity contribution in [2.45, 2.75) is 19.5 Å². The summed E-state index contributed by atoms with van der Waals surface area (Å²) in [4.78, 5) is 26.6. The largest absolute Gasteiger partial charge is 0.465 e. The van der Waals surface area contributed by atoms with Gasteiger partial charge in [0.2, 0.25) is 5.91 Å². The van der Waals surface area contributed by atoms with Gasteiger partial charge < -0.3 is 14.5 Å². The topological polar surface area (TPSA) is 106 Å². The van der Waals surface area contributed by atoms with Gasteiger partial charge in [-0.3, -0.25) is 9.69 Å². The Hall–Kier alpha value is -2.65. The molecular weight excluding hydrogens is 396 g/mol. The number of rotatable bonds is 6. The Morgan fingerprint density at radius 1 is 1.21 bits per heavy atom. The molecule has 1 aliphatic heterocycles. The SMILES string of the molecule is COC(=O)c1cc(CNC(=O)C(c2ccccc2)N2CCS(=O)(=O)CC2)oc1C. The van der Waals surface area contributed by atoms with Gasteiger partial charge in [-0.25, -0.2) is 13.2 Å². The van der Waals surface area contributed by atoms with Crippen molar-refractivity contribution in [3.05, 3.63) is 59.0 Å². The van der Waals surface area contributed by atoms with Crippen LogP contribution < -0.4 is 5.32 Å². The molecule has 1 fully saturated rings. The van der Waals surface area contributed by atoms with Gasteiger partial charge in [-0.1, -0.05) is 30.3 Å². The molecule has 0 spiro atoms. The maximum atomic E-state index is 13.0. The molecule has 1 aliphatic rings. The van der Waals surface area contributed by atoms with E-state index in [2.05, 4.69) is 5.32 Å². The number of hydrogen-bond acceptors (Lipinski definition) is 7. The van der Waals surface area contributed by atoms with Crippen LogP contribution in [0.1, 0.15) is 33.5 Å². The Bertz CT molecular complexity index is 970. The highest BCUT2D eigenvalue weighted by Gasteiger charge is 2.32. The van der Waals surface area contributed by atoms with E-state index in [1.807, 2.05) is 35.2 Å². The summed E-state index contributed by atoms with van der Waals surface area (Å²) >= 11 is 0. The van der Waals surface area contributed by atoms with Crippen molar-refractivity contribution < 1.29 is 27.2 Å². The second-order valence-electron chi connectivity index (χ2n) is 6.89. The van der Waals surface area contributed by atoms with Gasteiger partial charge in [-0.15, -0.1) is 0 Å². The molecule has 3 rings (SSSR count). The lowest BCUT2D eigenvalue weighted by Crippen LogP contribution is -2.47. The summed E-state index contributed by atoms with van der Waals surface area (Å²) in [5, 5.41) is 2.84. The summed E-state index contributed by atoms with van der Waals surface area (Å²) in [5.74, 6) is 0.156. The Morgan fingerprint density at radius 3 is 2.48 bits per heavy atom. The second kappa shape index (κ2) is 8.79. The average molecular weight is 420 g/mol. The van der Waals surface area contributed by atoms with Crippen LogP contribution in [0.5, 0.6) is 0 Å². The molecule has 1 atom stereocenters. The minimum atomic E-state index is -3.06. The number of hydrogen-bond donors (Lipinski definition) is 1. The van der Waals surface area contributed by atoms with Crippen LogP contribution >= 0.6 is 0 Å². The van der Waals surface area contributed by atoms with Gasteiger partial charge in [0.1, 0.15) is 23.1 Å². The summed E-state index contributed by atoms with van der Waals surface area (Å²) in [7, 11) is -1.77. The Morgan fingerprint density at radius 2 is 1.86 bits per heavy atom. The Labute approximate surface area is 169 Å². The van der Waals surface area contributed by atoms with E-state index in [0.717, 1.165) is 5.56 Å². The molecule has 9 heteroatoms. The Kier molecular flexibility index (Phi) is 6.39. The second-order valence-corrected chi connectivity index (χ2v) is 9.20. The molecule has 1 aromatic carbocycles. The first-order valence-electron chi connectivity index (χ1n) is 9.25. The first-order valence-corrected chi connectivity index (χ1v) is 11.1. The maximum Gasteiger partial charge on any atom is 0.341 e. The van der Waals surface area contributed by atoms with Gasteiger partial charge in [-0.2, -0.15) is 0 Å². The molecule has 0 saturated carbocycles. The standard InChI is InChI=1S/C20H24N2O6S/c1-14-17(20(24)27-2)12-16(28-14)13-21-19(23)18(15-6-4-3-5-7-15)22-8-10-29(25,26)11-9-22/h3-7,12,18H,8-11,13H2,1-2H3,(H,21,23). The Balaban J connectivity index is 1.74. The zero-order valence-electron chi connectivity index (χ0n) is 16.4. The number of carbonyl (C=O) groups is 2.